The van der Waals surface area contributed by atoms with Gasteiger partial charge in [0.2, 0.25) is 10.0 Å². The van der Waals surface area contributed by atoms with Crippen LogP contribution in [0.15, 0.2) is 18.2 Å². The van der Waals surface area contributed by atoms with Crippen molar-refractivity contribution in [2.45, 2.75) is 6.42 Å². The number of benzene rings is 1. The zero-order chi connectivity index (χ0) is 12.6. The van der Waals surface area contributed by atoms with E-state index in [2.05, 4.69) is 12.2 Å². The van der Waals surface area contributed by atoms with E-state index in [9.17, 15) is 12.8 Å². The second kappa shape index (κ2) is 4.23. The van der Waals surface area contributed by atoms with Gasteiger partial charge in [-0.05, 0) is 24.1 Å². The summed E-state index contributed by atoms with van der Waals surface area (Å²) in [5.41, 5.74) is 6.46. The van der Waals surface area contributed by atoms with Gasteiger partial charge in [-0.15, -0.1) is 0 Å². The van der Waals surface area contributed by atoms with Gasteiger partial charge in [-0.25, -0.2) is 12.8 Å². The molecule has 0 saturated carbocycles. The van der Waals surface area contributed by atoms with E-state index in [0.29, 0.717) is 18.7 Å². The highest BCUT2D eigenvalue weighted by Crippen LogP contribution is 2.30. The number of nitrogens with zero attached hydrogens (tertiary/aromatic N) is 1. The highest BCUT2D eigenvalue weighted by atomic mass is 32.2. The van der Waals surface area contributed by atoms with Crippen molar-refractivity contribution in [3.8, 4) is 0 Å². The van der Waals surface area contributed by atoms with Crippen molar-refractivity contribution in [3.63, 3.8) is 0 Å². The maximum absolute atomic E-state index is 13.1. The molecule has 1 aliphatic rings. The molecule has 0 aliphatic carbocycles. The van der Waals surface area contributed by atoms with Crippen LogP contribution in [0, 0.1) is 5.82 Å². The second-order valence-electron chi connectivity index (χ2n) is 3.82. The highest BCUT2D eigenvalue weighted by molar-refractivity contribution is 7.95. The lowest BCUT2D eigenvalue weighted by Crippen LogP contribution is -2.35. The van der Waals surface area contributed by atoms with E-state index in [4.69, 9.17) is 5.73 Å². The van der Waals surface area contributed by atoms with E-state index in [1.165, 1.54) is 16.4 Å². The molecule has 0 spiro atoms. The van der Waals surface area contributed by atoms with Gasteiger partial charge >= 0.3 is 0 Å². The number of hydrogen-bond donors (Lipinski definition) is 1. The number of thiocarbonyl (C=S) groups is 1. The minimum absolute atomic E-state index is 0.0881. The SMILES string of the molecule is NC(=S)CS(=O)(=O)N1CCc2ccc(F)cc21. The number of rotatable bonds is 3. The van der Waals surface area contributed by atoms with Crippen molar-refractivity contribution in [3.05, 3.63) is 29.6 Å². The Balaban J connectivity index is 2.40. The van der Waals surface area contributed by atoms with Crippen LogP contribution in [0.4, 0.5) is 10.1 Å². The Morgan fingerprint density at radius 3 is 2.88 bits per heavy atom. The van der Waals surface area contributed by atoms with Gasteiger partial charge in [-0.1, -0.05) is 18.3 Å². The van der Waals surface area contributed by atoms with Crippen LogP contribution >= 0.6 is 12.2 Å². The summed E-state index contributed by atoms with van der Waals surface area (Å²) in [6.07, 6.45) is 0.576. The van der Waals surface area contributed by atoms with E-state index in [0.717, 1.165) is 5.56 Å². The third-order valence-electron chi connectivity index (χ3n) is 2.56. The summed E-state index contributed by atoms with van der Waals surface area (Å²) in [5, 5.41) is 0. The number of fused-ring (bicyclic) bond motifs is 1. The van der Waals surface area contributed by atoms with Crippen LogP contribution in [0.1, 0.15) is 5.56 Å². The van der Waals surface area contributed by atoms with Crippen molar-refractivity contribution < 1.29 is 12.8 Å². The maximum Gasteiger partial charge on any atom is 0.241 e. The predicted molar refractivity (Wildman–Crippen MR) is 68.0 cm³/mol. The summed E-state index contributed by atoms with van der Waals surface area (Å²) in [4.78, 5) is -0.0881. The smallest absolute Gasteiger partial charge is 0.241 e. The molecule has 2 N–H and O–H groups in total. The van der Waals surface area contributed by atoms with Crippen LogP contribution in [0.5, 0.6) is 0 Å². The largest absolute Gasteiger partial charge is 0.392 e. The Morgan fingerprint density at radius 2 is 2.24 bits per heavy atom. The molecule has 0 saturated heterocycles. The Kier molecular flexibility index (Phi) is 3.05. The molecule has 0 aromatic heterocycles. The lowest BCUT2D eigenvalue weighted by atomic mass is 10.2. The minimum Gasteiger partial charge on any atom is -0.392 e. The van der Waals surface area contributed by atoms with Gasteiger partial charge in [0.15, 0.2) is 0 Å². The average molecular weight is 274 g/mol. The van der Waals surface area contributed by atoms with Gasteiger partial charge in [-0.2, -0.15) is 0 Å². The van der Waals surface area contributed by atoms with Crippen molar-refractivity contribution >= 4 is 32.9 Å². The number of halogens is 1. The highest BCUT2D eigenvalue weighted by Gasteiger charge is 2.29. The van der Waals surface area contributed by atoms with Crippen LogP contribution in [-0.2, 0) is 16.4 Å². The zero-order valence-electron chi connectivity index (χ0n) is 8.89. The van der Waals surface area contributed by atoms with E-state index in [1.807, 2.05) is 0 Å². The molecule has 0 atom stereocenters. The summed E-state index contributed by atoms with van der Waals surface area (Å²) >= 11 is 4.60. The first-order chi connectivity index (χ1) is 7.90. The van der Waals surface area contributed by atoms with Gasteiger partial charge in [-0.3, -0.25) is 4.31 Å². The number of anilines is 1. The molecule has 92 valence electrons. The third kappa shape index (κ3) is 2.39. The van der Waals surface area contributed by atoms with Crippen molar-refractivity contribution in [1.29, 1.82) is 0 Å². The van der Waals surface area contributed by atoms with Crippen LogP contribution in [0.25, 0.3) is 0 Å². The van der Waals surface area contributed by atoms with Crippen molar-refractivity contribution in [2.24, 2.45) is 5.73 Å². The molecule has 1 aliphatic heterocycles. The molecule has 7 heteroatoms. The fourth-order valence-electron chi connectivity index (χ4n) is 1.87. The molecule has 0 amide bonds. The molecule has 1 aromatic rings. The molecular formula is C10H11FN2O2S2. The molecule has 4 nitrogen and oxygen atoms in total. The van der Waals surface area contributed by atoms with Gasteiger partial charge in [0.25, 0.3) is 0 Å². The van der Waals surface area contributed by atoms with Crippen LogP contribution < -0.4 is 10.0 Å². The monoisotopic (exact) mass is 274 g/mol. The first kappa shape index (κ1) is 12.3. The molecule has 1 aromatic carbocycles. The third-order valence-corrected chi connectivity index (χ3v) is 4.61. The lowest BCUT2D eigenvalue weighted by molar-refractivity contribution is 0.596. The molecule has 0 fully saturated rings. The molecule has 0 radical (unpaired) electrons. The average Bonchev–Trinajstić information content (AvgIpc) is 2.58. The number of hydrogen-bond acceptors (Lipinski definition) is 3. The fourth-order valence-corrected chi connectivity index (χ4v) is 3.67. The van der Waals surface area contributed by atoms with Gasteiger partial charge < -0.3 is 5.73 Å². The van der Waals surface area contributed by atoms with Crippen LogP contribution in [0.3, 0.4) is 0 Å². The molecule has 17 heavy (non-hydrogen) atoms. The minimum atomic E-state index is -3.59. The summed E-state index contributed by atoms with van der Waals surface area (Å²) in [7, 11) is -3.59. The van der Waals surface area contributed by atoms with E-state index in [-0.39, 0.29) is 4.99 Å². The summed E-state index contributed by atoms with van der Waals surface area (Å²) in [6, 6.07) is 4.14. The molecular weight excluding hydrogens is 263 g/mol. The Bertz CT molecular complexity index is 572. The summed E-state index contributed by atoms with van der Waals surface area (Å²) < 4.78 is 38.2. The quantitative estimate of drug-likeness (QED) is 0.828. The van der Waals surface area contributed by atoms with Gasteiger partial charge in [0.05, 0.1) is 10.7 Å². The molecule has 2 rings (SSSR count). The zero-order valence-corrected chi connectivity index (χ0v) is 10.5. The lowest BCUT2D eigenvalue weighted by Gasteiger charge is -2.19. The maximum atomic E-state index is 13.1. The van der Waals surface area contributed by atoms with Gasteiger partial charge in [0.1, 0.15) is 11.6 Å². The second-order valence-corrected chi connectivity index (χ2v) is 6.24. The van der Waals surface area contributed by atoms with Crippen LogP contribution in [-0.4, -0.2) is 25.7 Å². The fraction of sp³-hybridized carbons (Fsp3) is 0.300. The normalized spacial score (nSPS) is 14.8. The van der Waals surface area contributed by atoms with E-state index in [1.54, 1.807) is 6.07 Å². The Hall–Kier alpha value is -1.21. The topological polar surface area (TPSA) is 63.4 Å². The molecule has 1 heterocycles. The van der Waals surface area contributed by atoms with Crippen molar-refractivity contribution in [1.82, 2.24) is 0 Å². The Morgan fingerprint density at radius 1 is 1.53 bits per heavy atom. The van der Waals surface area contributed by atoms with Gasteiger partial charge in [0, 0.05) is 6.54 Å². The predicted octanol–water partition coefficient (Wildman–Crippen LogP) is 0.804. The molecule has 0 unspecified atom stereocenters. The van der Waals surface area contributed by atoms with Crippen molar-refractivity contribution in [2.75, 3.05) is 16.6 Å². The first-order valence-electron chi connectivity index (χ1n) is 4.97. The van der Waals surface area contributed by atoms with E-state index >= 15 is 0 Å². The Labute approximate surface area is 104 Å². The van der Waals surface area contributed by atoms with E-state index < -0.39 is 21.6 Å². The molecule has 0 bridgehead atoms. The number of nitrogens with two attached hydrogens (primary N) is 1. The number of sulfonamides is 1. The summed E-state index contributed by atoms with van der Waals surface area (Å²) in [5.74, 6) is -0.848. The summed E-state index contributed by atoms with van der Waals surface area (Å²) in [6.45, 7) is 0.309. The van der Waals surface area contributed by atoms with Crippen LogP contribution in [0.2, 0.25) is 0 Å². The first-order valence-corrected chi connectivity index (χ1v) is 6.99. The standard InChI is InChI=1S/C10H11FN2O2S2/c11-8-2-1-7-3-4-13(9(7)5-8)17(14,15)6-10(12)16/h1-2,5H,3-4,6H2,(H2,12,16).